The van der Waals surface area contributed by atoms with Crippen molar-refractivity contribution in [1.82, 2.24) is 4.90 Å². The molecule has 21 heavy (non-hydrogen) atoms. The molecule has 0 radical (unpaired) electrons. The quantitative estimate of drug-likeness (QED) is 0.891. The van der Waals surface area contributed by atoms with Gasteiger partial charge in [-0.3, -0.25) is 4.79 Å². The number of aliphatic hydroxyl groups excluding tert-OH is 1. The lowest BCUT2D eigenvalue weighted by Gasteiger charge is -2.37. The molecule has 1 heterocycles. The van der Waals surface area contributed by atoms with Gasteiger partial charge in [0.05, 0.1) is 29.8 Å². The molecule has 1 aliphatic rings. The molecule has 0 spiro atoms. The topological polar surface area (TPSA) is 59.0 Å². The highest BCUT2D eigenvalue weighted by atomic mass is 79.9. The molecule has 5 nitrogen and oxygen atoms in total. The third-order valence-corrected chi connectivity index (χ3v) is 4.09. The van der Waals surface area contributed by atoms with Crippen molar-refractivity contribution in [2.24, 2.45) is 0 Å². The molecule has 116 valence electrons. The first-order valence-electron chi connectivity index (χ1n) is 6.92. The lowest BCUT2D eigenvalue weighted by atomic mass is 10.2. The summed E-state index contributed by atoms with van der Waals surface area (Å²) in [6, 6.07) is 5.71. The summed E-state index contributed by atoms with van der Waals surface area (Å²) >= 11 is 3.42. The maximum atomic E-state index is 12.3. The van der Waals surface area contributed by atoms with Crippen LogP contribution in [-0.4, -0.2) is 54.4 Å². The van der Waals surface area contributed by atoms with Gasteiger partial charge in [-0.25, -0.2) is 0 Å². The van der Waals surface area contributed by atoms with Crippen LogP contribution in [0, 0.1) is 6.92 Å². The zero-order valence-electron chi connectivity index (χ0n) is 12.2. The molecule has 1 aliphatic heterocycles. The molecule has 0 aromatic heterocycles. The third-order valence-electron chi connectivity index (χ3n) is 3.47. The Bertz CT molecular complexity index is 508. The van der Waals surface area contributed by atoms with E-state index in [1.807, 2.05) is 32.0 Å². The van der Waals surface area contributed by atoms with Gasteiger partial charge in [0.2, 0.25) is 0 Å². The summed E-state index contributed by atoms with van der Waals surface area (Å²) < 4.78 is 11.8. The first-order chi connectivity index (χ1) is 10.0. The van der Waals surface area contributed by atoms with Crippen molar-refractivity contribution in [2.75, 3.05) is 26.4 Å². The predicted molar refractivity (Wildman–Crippen MR) is 82.4 cm³/mol. The number of hydrogen-bond donors (Lipinski definition) is 1. The number of hydrogen-bond acceptors (Lipinski definition) is 4. The second-order valence-electron chi connectivity index (χ2n) is 5.26. The van der Waals surface area contributed by atoms with Crippen LogP contribution in [0.4, 0.5) is 0 Å². The second kappa shape index (κ2) is 7.24. The number of carbonyl (C=O) groups excluding carboxylic acids is 1. The molecule has 0 aliphatic carbocycles. The first-order valence-corrected chi connectivity index (χ1v) is 7.71. The lowest BCUT2D eigenvalue weighted by Crippen LogP contribution is -2.53. The van der Waals surface area contributed by atoms with E-state index in [0.29, 0.717) is 18.9 Å². The average Bonchev–Trinajstić information content (AvgIpc) is 2.46. The summed E-state index contributed by atoms with van der Waals surface area (Å²) in [5.74, 6) is 0.547. The van der Waals surface area contributed by atoms with Gasteiger partial charge in [-0.2, -0.15) is 0 Å². The molecule has 2 rings (SSSR count). The van der Waals surface area contributed by atoms with Crippen molar-refractivity contribution in [3.8, 4) is 5.75 Å². The minimum atomic E-state index is -0.309. The van der Waals surface area contributed by atoms with Crippen LogP contribution in [0.25, 0.3) is 0 Å². The Morgan fingerprint density at radius 1 is 1.57 bits per heavy atom. The molecule has 1 N–H and O–H groups in total. The van der Waals surface area contributed by atoms with Crippen LogP contribution in [0.2, 0.25) is 0 Å². The van der Waals surface area contributed by atoms with Crippen molar-refractivity contribution in [1.29, 1.82) is 0 Å². The summed E-state index contributed by atoms with van der Waals surface area (Å²) in [6.07, 6.45) is -0.309. The number of nitrogens with zero attached hydrogens (tertiary/aromatic N) is 1. The van der Waals surface area contributed by atoms with Gasteiger partial charge in [0.25, 0.3) is 5.91 Å². The van der Waals surface area contributed by atoms with E-state index in [0.717, 1.165) is 10.0 Å². The molecule has 1 aromatic carbocycles. The van der Waals surface area contributed by atoms with Gasteiger partial charge in [0, 0.05) is 6.54 Å². The Kier molecular flexibility index (Phi) is 5.61. The van der Waals surface area contributed by atoms with Crippen molar-refractivity contribution in [3.05, 3.63) is 28.2 Å². The van der Waals surface area contributed by atoms with Gasteiger partial charge >= 0.3 is 0 Å². The van der Waals surface area contributed by atoms with Crippen LogP contribution in [0.15, 0.2) is 22.7 Å². The van der Waals surface area contributed by atoms with E-state index >= 15 is 0 Å². The van der Waals surface area contributed by atoms with Crippen molar-refractivity contribution in [3.63, 3.8) is 0 Å². The molecular formula is C15H20BrNO4. The van der Waals surface area contributed by atoms with Gasteiger partial charge < -0.3 is 19.5 Å². The SMILES string of the molecule is Cc1ccc(OCC(=O)N2CC(CO)OCC2C)c(Br)c1. The Balaban J connectivity index is 1.94. The van der Waals surface area contributed by atoms with Crippen LogP contribution in [0.3, 0.4) is 0 Å². The van der Waals surface area contributed by atoms with E-state index in [2.05, 4.69) is 15.9 Å². The van der Waals surface area contributed by atoms with E-state index in [-0.39, 0.29) is 31.3 Å². The van der Waals surface area contributed by atoms with Crippen molar-refractivity contribution >= 4 is 21.8 Å². The maximum absolute atomic E-state index is 12.3. The Morgan fingerprint density at radius 3 is 3.00 bits per heavy atom. The minimum absolute atomic E-state index is 0.00893. The smallest absolute Gasteiger partial charge is 0.260 e. The second-order valence-corrected chi connectivity index (χ2v) is 6.11. The van der Waals surface area contributed by atoms with E-state index < -0.39 is 0 Å². The molecule has 2 atom stereocenters. The highest BCUT2D eigenvalue weighted by Crippen LogP contribution is 2.25. The highest BCUT2D eigenvalue weighted by molar-refractivity contribution is 9.10. The summed E-state index contributed by atoms with van der Waals surface area (Å²) in [5.41, 5.74) is 1.12. The number of amides is 1. The summed E-state index contributed by atoms with van der Waals surface area (Å²) in [6.45, 7) is 4.64. The minimum Gasteiger partial charge on any atom is -0.483 e. The third kappa shape index (κ3) is 4.18. The van der Waals surface area contributed by atoms with Crippen LogP contribution in [0.1, 0.15) is 12.5 Å². The molecule has 1 saturated heterocycles. The van der Waals surface area contributed by atoms with E-state index in [1.54, 1.807) is 4.90 Å². The van der Waals surface area contributed by atoms with Crippen molar-refractivity contribution in [2.45, 2.75) is 26.0 Å². The number of carbonyl (C=O) groups is 1. The zero-order chi connectivity index (χ0) is 15.4. The van der Waals surface area contributed by atoms with E-state index in [1.165, 1.54) is 0 Å². The number of halogens is 1. The van der Waals surface area contributed by atoms with Crippen molar-refractivity contribution < 1.29 is 19.4 Å². The number of benzene rings is 1. The molecule has 0 bridgehead atoms. The van der Waals surface area contributed by atoms with Gasteiger partial charge in [-0.15, -0.1) is 0 Å². The molecule has 1 fully saturated rings. The van der Waals surface area contributed by atoms with Gasteiger partial charge in [0.1, 0.15) is 5.75 Å². The fourth-order valence-electron chi connectivity index (χ4n) is 2.22. The molecule has 2 unspecified atom stereocenters. The van der Waals surface area contributed by atoms with Crippen LogP contribution < -0.4 is 4.74 Å². The summed E-state index contributed by atoms with van der Waals surface area (Å²) in [5, 5.41) is 9.15. The summed E-state index contributed by atoms with van der Waals surface area (Å²) in [4.78, 5) is 14.0. The van der Waals surface area contributed by atoms with Gasteiger partial charge in [0.15, 0.2) is 6.61 Å². The standard InChI is InChI=1S/C15H20BrNO4/c1-10-3-4-14(13(16)5-10)21-9-15(19)17-6-12(7-18)20-8-11(17)2/h3-5,11-12,18H,6-9H2,1-2H3. The first kappa shape index (κ1) is 16.3. The monoisotopic (exact) mass is 357 g/mol. The Labute approximate surface area is 133 Å². The summed E-state index contributed by atoms with van der Waals surface area (Å²) in [7, 11) is 0. The fourth-order valence-corrected chi connectivity index (χ4v) is 2.83. The molecule has 1 aromatic rings. The highest BCUT2D eigenvalue weighted by Gasteiger charge is 2.29. The largest absolute Gasteiger partial charge is 0.483 e. The van der Waals surface area contributed by atoms with E-state index in [4.69, 9.17) is 14.6 Å². The number of rotatable bonds is 4. The molecule has 0 saturated carbocycles. The predicted octanol–water partition coefficient (Wildman–Crippen LogP) is 1.74. The number of aryl methyl sites for hydroxylation is 1. The number of aliphatic hydroxyl groups is 1. The Hall–Kier alpha value is -1.11. The number of morpholine rings is 1. The number of ether oxygens (including phenoxy) is 2. The Morgan fingerprint density at radius 2 is 2.33 bits per heavy atom. The molecule has 1 amide bonds. The van der Waals surface area contributed by atoms with E-state index in [9.17, 15) is 4.79 Å². The average molecular weight is 358 g/mol. The van der Waals surface area contributed by atoms with Crippen LogP contribution in [-0.2, 0) is 9.53 Å². The zero-order valence-corrected chi connectivity index (χ0v) is 13.8. The van der Waals surface area contributed by atoms with Gasteiger partial charge in [-0.05, 0) is 47.5 Å². The molecule has 6 heteroatoms. The van der Waals surface area contributed by atoms with Crippen LogP contribution >= 0.6 is 15.9 Å². The fraction of sp³-hybridized carbons (Fsp3) is 0.533. The lowest BCUT2D eigenvalue weighted by molar-refractivity contribution is -0.148. The maximum Gasteiger partial charge on any atom is 0.260 e. The van der Waals surface area contributed by atoms with Crippen LogP contribution in [0.5, 0.6) is 5.75 Å². The van der Waals surface area contributed by atoms with Gasteiger partial charge in [-0.1, -0.05) is 6.07 Å². The molecular weight excluding hydrogens is 338 g/mol. The normalized spacial score (nSPS) is 22.2.